The fourth-order valence-corrected chi connectivity index (χ4v) is 4.03. The molecular formula is C25H26F2N4O3. The molecule has 1 aromatic heterocycles. The number of unbranched alkanes of at least 4 members (excludes halogenated alkanes) is 1. The monoisotopic (exact) mass is 468 g/mol. The quantitative estimate of drug-likeness (QED) is 0.435. The van der Waals surface area contributed by atoms with Crippen molar-refractivity contribution in [3.63, 3.8) is 0 Å². The number of carbonyl (C=O) groups is 1. The van der Waals surface area contributed by atoms with Crippen LogP contribution < -0.4 is 14.8 Å². The number of amides is 1. The number of nitrogens with zero attached hydrogens (tertiary/aromatic N) is 2. The van der Waals surface area contributed by atoms with E-state index in [-0.39, 0.29) is 11.7 Å². The van der Waals surface area contributed by atoms with Gasteiger partial charge in [0.25, 0.3) is 5.91 Å². The van der Waals surface area contributed by atoms with Gasteiger partial charge in [0.1, 0.15) is 17.8 Å². The molecule has 0 radical (unpaired) electrons. The summed E-state index contributed by atoms with van der Waals surface area (Å²) < 4.78 is 35.4. The molecule has 1 unspecified atom stereocenters. The number of nitrogens with one attached hydrogen (secondary N) is 2. The Morgan fingerprint density at radius 3 is 2.41 bits per heavy atom. The molecule has 1 amide bonds. The Bertz CT molecular complexity index is 1150. The van der Waals surface area contributed by atoms with Gasteiger partial charge in [-0.05, 0) is 54.3 Å². The third kappa shape index (κ3) is 5.08. The van der Waals surface area contributed by atoms with E-state index in [1.165, 1.54) is 18.5 Å². The summed E-state index contributed by atoms with van der Waals surface area (Å²) in [5, 5.41) is 10.9. The van der Waals surface area contributed by atoms with E-state index in [1.807, 2.05) is 31.2 Å². The summed E-state index contributed by atoms with van der Waals surface area (Å²) in [4.78, 5) is 16.2. The van der Waals surface area contributed by atoms with Gasteiger partial charge in [0.05, 0.1) is 17.7 Å². The van der Waals surface area contributed by atoms with Crippen molar-refractivity contribution in [3.05, 3.63) is 71.8 Å². The van der Waals surface area contributed by atoms with Crippen LogP contribution in [0.15, 0.2) is 54.9 Å². The van der Waals surface area contributed by atoms with E-state index in [9.17, 15) is 13.6 Å². The van der Waals surface area contributed by atoms with Crippen LogP contribution in [-0.4, -0.2) is 34.3 Å². The van der Waals surface area contributed by atoms with Gasteiger partial charge in [0, 0.05) is 6.42 Å². The fourth-order valence-electron chi connectivity index (χ4n) is 4.03. The molecular weight excluding hydrogens is 442 g/mol. The Kier molecular flexibility index (Phi) is 6.90. The zero-order chi connectivity index (χ0) is 24.1. The zero-order valence-electron chi connectivity index (χ0n) is 19.0. The Morgan fingerprint density at radius 2 is 1.79 bits per heavy atom. The van der Waals surface area contributed by atoms with Crippen molar-refractivity contribution in [1.82, 2.24) is 20.5 Å². The van der Waals surface area contributed by atoms with Crippen molar-refractivity contribution in [1.29, 1.82) is 0 Å². The van der Waals surface area contributed by atoms with E-state index < -0.39 is 12.2 Å². The number of aromatic nitrogens is 3. The maximum Gasteiger partial charge on any atom is 0.387 e. The molecule has 3 aromatic rings. The number of aromatic amines is 1. The number of halogens is 2. The van der Waals surface area contributed by atoms with E-state index in [2.05, 4.69) is 32.2 Å². The highest BCUT2D eigenvalue weighted by atomic mass is 19.3. The Balaban J connectivity index is 1.68. The van der Waals surface area contributed by atoms with Crippen molar-refractivity contribution in [2.24, 2.45) is 0 Å². The van der Waals surface area contributed by atoms with Crippen molar-refractivity contribution in [2.45, 2.75) is 45.3 Å². The van der Waals surface area contributed by atoms with Crippen molar-refractivity contribution >= 4 is 17.1 Å². The number of benzene rings is 2. The summed E-state index contributed by atoms with van der Waals surface area (Å²) in [5.74, 6) is 0.844. The van der Waals surface area contributed by atoms with Gasteiger partial charge in [-0.15, -0.1) is 10.2 Å². The Labute approximate surface area is 196 Å². The van der Waals surface area contributed by atoms with Crippen molar-refractivity contribution in [2.75, 3.05) is 6.61 Å². The molecule has 1 atom stereocenters. The third-order valence-electron chi connectivity index (χ3n) is 5.79. The lowest BCUT2D eigenvalue weighted by atomic mass is 9.78. The maximum absolute atomic E-state index is 13.3. The first-order chi connectivity index (χ1) is 16.4. The molecule has 178 valence electrons. The average molecular weight is 469 g/mol. The van der Waals surface area contributed by atoms with E-state index >= 15 is 0 Å². The number of hydrogen-bond acceptors (Lipinski definition) is 5. The van der Waals surface area contributed by atoms with Gasteiger partial charge in [0.2, 0.25) is 0 Å². The molecule has 9 heteroatoms. The smallest absolute Gasteiger partial charge is 0.387 e. The third-order valence-corrected chi connectivity index (χ3v) is 5.79. The lowest BCUT2D eigenvalue weighted by molar-refractivity contribution is -0.117. The first kappa shape index (κ1) is 23.4. The number of hydrogen-bond donors (Lipinski definition) is 2. The molecule has 0 saturated carbocycles. The Morgan fingerprint density at radius 1 is 1.09 bits per heavy atom. The number of alkyl halides is 2. The summed E-state index contributed by atoms with van der Waals surface area (Å²) in [6, 6.07) is 13.9. The van der Waals surface area contributed by atoms with Crippen LogP contribution in [0.1, 0.15) is 50.1 Å². The van der Waals surface area contributed by atoms with Crippen LogP contribution in [0.5, 0.6) is 11.5 Å². The van der Waals surface area contributed by atoms with Gasteiger partial charge < -0.3 is 19.8 Å². The van der Waals surface area contributed by atoms with Crippen LogP contribution in [0, 0.1) is 0 Å². The van der Waals surface area contributed by atoms with Gasteiger partial charge in [-0.3, -0.25) is 4.79 Å². The van der Waals surface area contributed by atoms with Crippen LogP contribution in [0.25, 0.3) is 11.1 Å². The number of carbonyl (C=O) groups excluding carboxylic acids is 1. The summed E-state index contributed by atoms with van der Waals surface area (Å²) >= 11 is 0. The van der Waals surface area contributed by atoms with Crippen LogP contribution in [0.4, 0.5) is 8.78 Å². The molecule has 0 saturated heterocycles. The SMILES string of the molecule is CCCCOc1ccc(C2(C)CC(c3ccc(OC(F)F)cc3)=C(c3nnc[nH]3)C(=O)N2)cc1. The summed E-state index contributed by atoms with van der Waals surface area (Å²) in [6.45, 7) is 1.80. The summed E-state index contributed by atoms with van der Waals surface area (Å²) in [5.41, 5.74) is 1.98. The predicted octanol–water partition coefficient (Wildman–Crippen LogP) is 4.93. The summed E-state index contributed by atoms with van der Waals surface area (Å²) in [6.07, 6.45) is 3.88. The number of ether oxygens (including phenoxy) is 2. The first-order valence-electron chi connectivity index (χ1n) is 11.1. The van der Waals surface area contributed by atoms with Crippen LogP contribution in [-0.2, 0) is 10.3 Å². The van der Waals surface area contributed by atoms with Gasteiger partial charge >= 0.3 is 6.61 Å². The van der Waals surface area contributed by atoms with Crippen LogP contribution in [0.2, 0.25) is 0 Å². The standard InChI is InChI=1S/C25H26F2N4O3/c1-3-4-13-33-18-11-7-17(8-12-18)25(2)14-20(16-5-9-19(10-6-16)34-24(26)27)21(23(32)30-25)22-28-15-29-31-22/h5-12,15,24H,3-4,13-14H2,1-2H3,(H,30,32)(H,28,29,31). The lowest BCUT2D eigenvalue weighted by Gasteiger charge is -2.37. The second-order valence-electron chi connectivity index (χ2n) is 8.28. The molecule has 2 N–H and O–H groups in total. The molecule has 34 heavy (non-hydrogen) atoms. The first-order valence-corrected chi connectivity index (χ1v) is 11.1. The highest BCUT2D eigenvalue weighted by Gasteiger charge is 2.38. The topological polar surface area (TPSA) is 89.1 Å². The minimum absolute atomic E-state index is 0.0437. The van der Waals surface area contributed by atoms with Crippen LogP contribution in [0.3, 0.4) is 0 Å². The molecule has 1 aliphatic heterocycles. The largest absolute Gasteiger partial charge is 0.494 e. The van der Waals surface area contributed by atoms with E-state index in [1.54, 1.807) is 12.1 Å². The second kappa shape index (κ2) is 10.0. The van der Waals surface area contributed by atoms with E-state index in [0.29, 0.717) is 30.0 Å². The molecule has 0 aliphatic carbocycles. The molecule has 1 aliphatic rings. The predicted molar refractivity (Wildman–Crippen MR) is 123 cm³/mol. The number of H-pyrrole nitrogens is 1. The molecule has 2 heterocycles. The van der Waals surface area contributed by atoms with Gasteiger partial charge in [0.15, 0.2) is 5.82 Å². The zero-order valence-corrected chi connectivity index (χ0v) is 19.0. The molecule has 4 rings (SSSR count). The molecule has 2 aromatic carbocycles. The van der Waals surface area contributed by atoms with Gasteiger partial charge in [-0.1, -0.05) is 37.6 Å². The average Bonchev–Trinajstić information content (AvgIpc) is 3.34. The summed E-state index contributed by atoms with van der Waals surface area (Å²) in [7, 11) is 0. The molecule has 0 bridgehead atoms. The van der Waals surface area contributed by atoms with E-state index in [4.69, 9.17) is 4.74 Å². The highest BCUT2D eigenvalue weighted by Crippen LogP contribution is 2.41. The fraction of sp³-hybridized carbons (Fsp3) is 0.320. The number of rotatable bonds is 9. The van der Waals surface area contributed by atoms with Crippen molar-refractivity contribution < 1.29 is 23.0 Å². The minimum Gasteiger partial charge on any atom is -0.494 e. The van der Waals surface area contributed by atoms with Crippen molar-refractivity contribution in [3.8, 4) is 11.5 Å². The minimum atomic E-state index is -2.91. The molecule has 0 fully saturated rings. The van der Waals surface area contributed by atoms with Gasteiger partial charge in [-0.2, -0.15) is 8.78 Å². The maximum atomic E-state index is 13.3. The van der Waals surface area contributed by atoms with Crippen LogP contribution >= 0.6 is 0 Å². The Hall–Kier alpha value is -3.75. The lowest BCUT2D eigenvalue weighted by Crippen LogP contribution is -2.47. The normalized spacial score (nSPS) is 18.2. The highest BCUT2D eigenvalue weighted by molar-refractivity contribution is 6.27. The molecule has 7 nitrogen and oxygen atoms in total. The van der Waals surface area contributed by atoms with Gasteiger partial charge in [-0.25, -0.2) is 0 Å². The van der Waals surface area contributed by atoms with E-state index in [0.717, 1.165) is 29.7 Å². The second-order valence-corrected chi connectivity index (χ2v) is 8.28. The molecule has 0 spiro atoms.